The molecule has 0 spiro atoms. The van der Waals surface area contributed by atoms with Crippen LogP contribution < -0.4 is 26.7 Å². The summed E-state index contributed by atoms with van der Waals surface area (Å²) in [5, 5.41) is 25.7. The number of rotatable bonds is 8. The minimum absolute atomic E-state index is 0.0191. The van der Waals surface area contributed by atoms with Crippen LogP contribution in [0.1, 0.15) is 31.7 Å². The number of ether oxygens (including phenoxy) is 1. The smallest absolute Gasteiger partial charge is 0.319 e. The van der Waals surface area contributed by atoms with Crippen LogP contribution in [0.3, 0.4) is 0 Å². The average Bonchev–Trinajstić information content (AvgIpc) is 3.55. The van der Waals surface area contributed by atoms with Crippen molar-refractivity contribution in [3.63, 3.8) is 0 Å². The molecule has 1 aromatic carbocycles. The van der Waals surface area contributed by atoms with E-state index in [0.717, 1.165) is 41.4 Å². The Balaban J connectivity index is 1.62. The van der Waals surface area contributed by atoms with Crippen LogP contribution >= 0.6 is 11.3 Å². The Morgan fingerprint density at radius 1 is 1.28 bits per heavy atom. The molecule has 6 rings (SSSR count). The fourth-order valence-electron chi connectivity index (χ4n) is 5.92. The minimum atomic E-state index is -0.887. The number of halogens is 2. The molecule has 2 saturated heterocycles. The van der Waals surface area contributed by atoms with Crippen LogP contribution in [0.4, 0.5) is 19.6 Å². The molecule has 5 heterocycles. The van der Waals surface area contributed by atoms with Crippen LogP contribution in [0, 0.1) is 34.3 Å². The highest BCUT2D eigenvalue weighted by Gasteiger charge is 2.31. The van der Waals surface area contributed by atoms with E-state index in [1.54, 1.807) is 0 Å². The Morgan fingerprint density at radius 3 is 2.72 bits per heavy atom. The molecule has 0 bridgehead atoms. The predicted molar refractivity (Wildman–Crippen MR) is 160 cm³/mol. The maximum atomic E-state index is 16.9. The lowest BCUT2D eigenvalue weighted by Gasteiger charge is -2.29. The van der Waals surface area contributed by atoms with E-state index in [1.165, 1.54) is 6.07 Å². The number of aromatic nitrogens is 3. The lowest BCUT2D eigenvalue weighted by atomic mass is 10.0. The lowest BCUT2D eigenvalue weighted by molar-refractivity contribution is 0.112. The first kappa shape index (κ1) is 28.7. The number of nitrogens with one attached hydrogen (secondary N) is 2. The van der Waals surface area contributed by atoms with Crippen molar-refractivity contribution in [1.29, 1.82) is 10.5 Å². The van der Waals surface area contributed by atoms with Gasteiger partial charge in [0.2, 0.25) is 0 Å². The van der Waals surface area contributed by atoms with E-state index in [2.05, 4.69) is 25.5 Å². The van der Waals surface area contributed by atoms with E-state index in [0.29, 0.717) is 13.1 Å². The topological polar surface area (TPSA) is 158 Å². The Hall–Kier alpha value is -4.37. The Bertz CT molecular complexity index is 1890. The van der Waals surface area contributed by atoms with Gasteiger partial charge in [0.1, 0.15) is 39.7 Å². The van der Waals surface area contributed by atoms with Crippen molar-refractivity contribution >= 4 is 43.1 Å². The van der Waals surface area contributed by atoms with Crippen molar-refractivity contribution in [2.75, 3.05) is 37.7 Å². The fraction of sp³-hybridized carbons (Fsp3) is 0.414. The summed E-state index contributed by atoms with van der Waals surface area (Å²) < 4.78 is 39.2. The fourth-order valence-corrected chi connectivity index (χ4v) is 6.87. The summed E-state index contributed by atoms with van der Waals surface area (Å²) in [6, 6.07) is 6.41. The van der Waals surface area contributed by atoms with Crippen LogP contribution in [-0.4, -0.2) is 64.3 Å². The van der Waals surface area contributed by atoms with Crippen LogP contribution in [0.5, 0.6) is 6.01 Å². The molecule has 2 fully saturated rings. The molecule has 43 heavy (non-hydrogen) atoms. The number of likely N-dealkylation sites (tertiary alicyclic amines) is 1. The summed E-state index contributed by atoms with van der Waals surface area (Å²) in [4.78, 5) is 25.3. The van der Waals surface area contributed by atoms with Gasteiger partial charge in [0.05, 0.1) is 34.5 Å². The average molecular weight is 606 g/mol. The SMILES string of the molecule is C[C@H](Oc1nc(NC2CNC2)c2c(=O)n(CCC#N)c(-c3ccc(F)c4sc(N)c(C#N)c34)c(F)c2n1)[C@@H]1CCCN1C. The summed E-state index contributed by atoms with van der Waals surface area (Å²) >= 11 is 0.868. The van der Waals surface area contributed by atoms with Gasteiger partial charge in [0.25, 0.3) is 5.56 Å². The standard InChI is InChI=1S/C29H29F2N9O2S/c1-14(19-5-3-9-39(19)2)42-29-37-23-21(27(38-29)36-15-12-35-13-15)28(41)40(10-4-8-32)24(22(23)31)16-6-7-18(30)25-20(16)17(11-33)26(34)43-25/h6-7,14-15,19,35H,3-5,9-10,12-13,34H2,1-2H3,(H,36,37,38)/t14-,19-/m0/s1. The van der Waals surface area contributed by atoms with Gasteiger partial charge in [-0.15, -0.1) is 11.3 Å². The van der Waals surface area contributed by atoms with Gasteiger partial charge in [-0.2, -0.15) is 20.5 Å². The van der Waals surface area contributed by atoms with Crippen LogP contribution in [-0.2, 0) is 6.54 Å². The van der Waals surface area contributed by atoms with Crippen molar-refractivity contribution in [3.05, 3.63) is 39.7 Å². The molecular weight excluding hydrogens is 576 g/mol. The van der Waals surface area contributed by atoms with Gasteiger partial charge in [0, 0.05) is 36.6 Å². The zero-order valence-electron chi connectivity index (χ0n) is 23.6. The van der Waals surface area contributed by atoms with Crippen LogP contribution in [0.25, 0.3) is 32.2 Å². The third kappa shape index (κ3) is 4.91. The van der Waals surface area contributed by atoms with Crippen molar-refractivity contribution < 1.29 is 13.5 Å². The van der Waals surface area contributed by atoms with Gasteiger partial charge in [-0.1, -0.05) is 0 Å². The number of nitriles is 2. The highest BCUT2D eigenvalue weighted by atomic mass is 32.1. The van der Waals surface area contributed by atoms with Gasteiger partial charge in [0.15, 0.2) is 5.82 Å². The summed E-state index contributed by atoms with van der Waals surface area (Å²) in [5.74, 6) is -1.39. The second-order valence-electron chi connectivity index (χ2n) is 10.9. The Morgan fingerprint density at radius 2 is 2.07 bits per heavy atom. The third-order valence-corrected chi connectivity index (χ3v) is 9.23. The number of pyridine rings is 1. The van der Waals surface area contributed by atoms with Gasteiger partial charge in [-0.05, 0) is 45.5 Å². The molecule has 0 aliphatic carbocycles. The zero-order chi connectivity index (χ0) is 30.4. The quantitative estimate of drug-likeness (QED) is 0.271. The molecule has 0 saturated carbocycles. The van der Waals surface area contributed by atoms with Gasteiger partial charge in [-0.3, -0.25) is 9.69 Å². The molecule has 3 aromatic heterocycles. The Kier molecular flexibility index (Phi) is 7.60. The molecule has 0 amide bonds. The molecular formula is C29H29F2N9O2S. The van der Waals surface area contributed by atoms with E-state index in [9.17, 15) is 19.7 Å². The zero-order valence-corrected chi connectivity index (χ0v) is 24.4. The number of benzene rings is 1. The van der Waals surface area contributed by atoms with E-state index >= 15 is 4.39 Å². The van der Waals surface area contributed by atoms with Crippen molar-refractivity contribution in [3.8, 4) is 29.4 Å². The van der Waals surface area contributed by atoms with Crippen LogP contribution in [0.2, 0.25) is 0 Å². The first-order valence-electron chi connectivity index (χ1n) is 14.0. The number of anilines is 2. The Labute approximate surface area is 249 Å². The summed E-state index contributed by atoms with van der Waals surface area (Å²) in [6.07, 6.45) is 1.53. The third-order valence-electron chi connectivity index (χ3n) is 8.20. The number of hydrogen-bond acceptors (Lipinski definition) is 11. The van der Waals surface area contributed by atoms with Crippen LogP contribution in [0.15, 0.2) is 16.9 Å². The maximum Gasteiger partial charge on any atom is 0.319 e. The molecule has 2 atom stereocenters. The largest absolute Gasteiger partial charge is 0.459 e. The lowest BCUT2D eigenvalue weighted by Crippen LogP contribution is -2.51. The molecule has 4 aromatic rings. The molecule has 2 aliphatic heterocycles. The second-order valence-corrected chi connectivity index (χ2v) is 11.9. The minimum Gasteiger partial charge on any atom is -0.459 e. The van der Waals surface area contributed by atoms with E-state index in [1.807, 2.05) is 26.1 Å². The number of fused-ring (bicyclic) bond motifs is 2. The van der Waals surface area contributed by atoms with E-state index in [4.69, 9.17) is 10.5 Å². The molecule has 11 nitrogen and oxygen atoms in total. The van der Waals surface area contributed by atoms with Gasteiger partial charge in [-0.25, -0.2) is 8.78 Å². The molecule has 0 unspecified atom stereocenters. The molecule has 222 valence electrons. The summed E-state index contributed by atoms with van der Waals surface area (Å²) in [6.45, 7) is 3.93. The highest BCUT2D eigenvalue weighted by molar-refractivity contribution is 7.23. The van der Waals surface area contributed by atoms with Gasteiger partial charge < -0.3 is 25.7 Å². The number of thiophene rings is 1. The van der Waals surface area contributed by atoms with Gasteiger partial charge >= 0.3 is 6.01 Å². The summed E-state index contributed by atoms with van der Waals surface area (Å²) in [5.41, 5.74) is 4.97. The first-order chi connectivity index (χ1) is 20.7. The number of hydrogen-bond donors (Lipinski definition) is 3. The number of nitrogens with zero attached hydrogens (tertiary/aromatic N) is 6. The molecule has 2 aliphatic rings. The number of nitrogen functional groups attached to an aromatic ring is 1. The monoisotopic (exact) mass is 605 g/mol. The normalized spacial score (nSPS) is 18.0. The van der Waals surface area contributed by atoms with E-state index < -0.39 is 17.2 Å². The predicted octanol–water partition coefficient (Wildman–Crippen LogP) is 3.56. The highest BCUT2D eigenvalue weighted by Crippen LogP contribution is 2.42. The molecule has 0 radical (unpaired) electrons. The number of nitrogens with two attached hydrogens (primary N) is 1. The van der Waals surface area contributed by atoms with Crippen molar-refractivity contribution in [2.45, 2.75) is 50.9 Å². The maximum absolute atomic E-state index is 16.9. The summed E-state index contributed by atoms with van der Waals surface area (Å²) in [7, 11) is 2.02. The molecule has 14 heteroatoms. The molecule has 4 N–H and O–H groups in total. The number of likely N-dealkylation sites (N-methyl/N-ethyl adjacent to an activating group) is 1. The van der Waals surface area contributed by atoms with Crippen molar-refractivity contribution in [2.24, 2.45) is 0 Å². The van der Waals surface area contributed by atoms with Crippen molar-refractivity contribution in [1.82, 2.24) is 24.8 Å². The van der Waals surface area contributed by atoms with E-state index in [-0.39, 0.29) is 85.8 Å². The second kappa shape index (κ2) is 11.4. The first-order valence-corrected chi connectivity index (χ1v) is 14.8.